The first kappa shape index (κ1) is 15.3. The lowest BCUT2D eigenvalue weighted by Gasteiger charge is -2.36. The van der Waals surface area contributed by atoms with Crippen LogP contribution in [0.2, 0.25) is 0 Å². The number of nitrogens with zero attached hydrogens (tertiary/aromatic N) is 5. The van der Waals surface area contributed by atoms with Crippen molar-refractivity contribution in [2.45, 2.75) is 25.3 Å². The molecule has 1 aromatic rings. The number of imide groups is 1. The molecule has 1 aliphatic carbocycles. The van der Waals surface area contributed by atoms with Crippen molar-refractivity contribution in [1.82, 2.24) is 25.1 Å². The quantitative estimate of drug-likeness (QED) is 0.799. The normalized spacial score (nSPS) is 28.4. The molecule has 3 heterocycles. The van der Waals surface area contributed by atoms with Gasteiger partial charge in [-0.1, -0.05) is 0 Å². The fourth-order valence-corrected chi connectivity index (χ4v) is 3.53. The third-order valence-corrected chi connectivity index (χ3v) is 5.24. The van der Waals surface area contributed by atoms with Crippen molar-refractivity contribution in [2.75, 3.05) is 37.7 Å². The van der Waals surface area contributed by atoms with Crippen molar-refractivity contribution < 1.29 is 9.59 Å². The van der Waals surface area contributed by atoms with E-state index >= 15 is 0 Å². The Morgan fingerprint density at radius 2 is 1.83 bits per heavy atom. The summed E-state index contributed by atoms with van der Waals surface area (Å²) in [5.74, 6) is 0.947. The molecule has 8 heteroatoms. The second kappa shape index (κ2) is 5.70. The molecule has 3 aliphatic rings. The average Bonchev–Trinajstić information content (AvgIpc) is 3.43. The Hall–Kier alpha value is -2.22. The number of piperazine rings is 1. The van der Waals surface area contributed by atoms with E-state index in [-0.39, 0.29) is 11.9 Å². The summed E-state index contributed by atoms with van der Waals surface area (Å²) in [4.78, 5) is 39.1. The molecule has 2 aliphatic heterocycles. The maximum Gasteiger partial charge on any atom is 0.326 e. The summed E-state index contributed by atoms with van der Waals surface area (Å²) in [5.41, 5.74) is -0.698. The predicted molar refractivity (Wildman–Crippen MR) is 87.2 cm³/mol. The summed E-state index contributed by atoms with van der Waals surface area (Å²) in [6.07, 6.45) is 5.51. The van der Waals surface area contributed by atoms with Crippen LogP contribution in [0, 0.1) is 5.92 Å². The number of anilines is 1. The van der Waals surface area contributed by atoms with Crippen LogP contribution in [0.5, 0.6) is 0 Å². The minimum absolute atomic E-state index is 0.0798. The van der Waals surface area contributed by atoms with Gasteiger partial charge in [0.2, 0.25) is 5.95 Å². The van der Waals surface area contributed by atoms with Gasteiger partial charge in [-0.25, -0.2) is 19.7 Å². The summed E-state index contributed by atoms with van der Waals surface area (Å²) < 4.78 is 0. The summed E-state index contributed by atoms with van der Waals surface area (Å²) >= 11 is 0. The van der Waals surface area contributed by atoms with E-state index in [1.165, 1.54) is 4.90 Å². The number of hydrogen-bond donors (Lipinski definition) is 1. The van der Waals surface area contributed by atoms with E-state index in [9.17, 15) is 9.59 Å². The van der Waals surface area contributed by atoms with Crippen LogP contribution in [0.1, 0.15) is 19.8 Å². The third kappa shape index (κ3) is 2.60. The van der Waals surface area contributed by atoms with E-state index in [1.807, 2.05) is 6.92 Å². The molecule has 0 bridgehead atoms. The van der Waals surface area contributed by atoms with Crippen LogP contribution in [0.15, 0.2) is 18.5 Å². The number of rotatable bonds is 4. The van der Waals surface area contributed by atoms with E-state index < -0.39 is 5.54 Å². The molecule has 0 spiro atoms. The first-order chi connectivity index (χ1) is 11.6. The summed E-state index contributed by atoms with van der Waals surface area (Å²) in [7, 11) is 0. The average molecular weight is 330 g/mol. The van der Waals surface area contributed by atoms with Crippen LogP contribution in [-0.2, 0) is 4.79 Å². The molecule has 24 heavy (non-hydrogen) atoms. The van der Waals surface area contributed by atoms with Gasteiger partial charge in [-0.15, -0.1) is 0 Å². The summed E-state index contributed by atoms with van der Waals surface area (Å²) in [6.45, 7) is 5.33. The number of carbonyl (C=O) groups is 2. The van der Waals surface area contributed by atoms with Gasteiger partial charge in [0.1, 0.15) is 5.54 Å². The molecular weight excluding hydrogens is 308 g/mol. The highest BCUT2D eigenvalue weighted by Gasteiger charge is 2.56. The summed E-state index contributed by atoms with van der Waals surface area (Å²) in [5, 5.41) is 2.90. The Bertz CT molecular complexity index is 641. The number of nitrogens with one attached hydrogen (secondary N) is 1. The van der Waals surface area contributed by atoms with Crippen LogP contribution < -0.4 is 10.2 Å². The zero-order valence-corrected chi connectivity index (χ0v) is 13.8. The molecule has 2 saturated heterocycles. The Labute approximate surface area is 140 Å². The van der Waals surface area contributed by atoms with Gasteiger partial charge in [0, 0.05) is 38.6 Å². The molecule has 8 nitrogen and oxygen atoms in total. The van der Waals surface area contributed by atoms with Crippen molar-refractivity contribution in [2.24, 2.45) is 5.92 Å². The molecule has 0 unspecified atom stereocenters. The van der Waals surface area contributed by atoms with Crippen LogP contribution in [0.4, 0.5) is 10.7 Å². The van der Waals surface area contributed by atoms with E-state index in [0.717, 1.165) is 45.0 Å². The Kier molecular flexibility index (Phi) is 3.64. The molecule has 3 amide bonds. The fourth-order valence-electron chi connectivity index (χ4n) is 3.53. The maximum atomic E-state index is 12.7. The number of urea groups is 1. The van der Waals surface area contributed by atoms with Crippen LogP contribution in [0.3, 0.4) is 0 Å². The Morgan fingerprint density at radius 3 is 2.46 bits per heavy atom. The van der Waals surface area contributed by atoms with E-state index in [1.54, 1.807) is 18.5 Å². The van der Waals surface area contributed by atoms with Gasteiger partial charge in [-0.3, -0.25) is 9.69 Å². The van der Waals surface area contributed by atoms with E-state index in [4.69, 9.17) is 0 Å². The molecule has 3 fully saturated rings. The molecule has 1 saturated carbocycles. The van der Waals surface area contributed by atoms with E-state index in [0.29, 0.717) is 12.6 Å². The standard InChI is InChI=1S/C16H22N6O2/c1-16(12-3-4-12)13(23)22(15(24)19-16)11-20-7-9-21(10-8-20)14-17-5-2-6-18-14/h2,5-6,12H,3-4,7-11H2,1H3,(H,19,24)/t16-/m0/s1. The largest absolute Gasteiger partial charge is 0.338 e. The minimum atomic E-state index is -0.698. The van der Waals surface area contributed by atoms with Gasteiger partial charge in [0.25, 0.3) is 5.91 Å². The smallest absolute Gasteiger partial charge is 0.326 e. The SMILES string of the molecule is C[C@@]1(C2CC2)NC(=O)N(CN2CCN(c3ncccn3)CC2)C1=O. The molecule has 0 radical (unpaired) electrons. The minimum Gasteiger partial charge on any atom is -0.338 e. The zero-order valence-electron chi connectivity index (χ0n) is 13.8. The van der Waals surface area contributed by atoms with Gasteiger partial charge >= 0.3 is 6.03 Å². The fraction of sp³-hybridized carbons (Fsp3) is 0.625. The van der Waals surface area contributed by atoms with Gasteiger partial charge in [0.05, 0.1) is 6.67 Å². The lowest BCUT2D eigenvalue weighted by Crippen LogP contribution is -2.52. The molecular formula is C16H22N6O2. The van der Waals surface area contributed by atoms with Crippen molar-refractivity contribution in [1.29, 1.82) is 0 Å². The second-order valence-corrected chi connectivity index (χ2v) is 6.94. The molecule has 0 aromatic carbocycles. The first-order valence-electron chi connectivity index (χ1n) is 8.46. The molecule has 1 N–H and O–H groups in total. The molecule has 4 rings (SSSR count). The van der Waals surface area contributed by atoms with Crippen LogP contribution >= 0.6 is 0 Å². The highest BCUT2D eigenvalue weighted by atomic mass is 16.2. The van der Waals surface area contributed by atoms with Gasteiger partial charge in [-0.05, 0) is 31.7 Å². The highest BCUT2D eigenvalue weighted by Crippen LogP contribution is 2.42. The van der Waals surface area contributed by atoms with Crippen molar-refractivity contribution in [3.05, 3.63) is 18.5 Å². The number of carbonyl (C=O) groups excluding carboxylic acids is 2. The van der Waals surface area contributed by atoms with Crippen molar-refractivity contribution in [3.63, 3.8) is 0 Å². The van der Waals surface area contributed by atoms with Crippen molar-refractivity contribution >= 4 is 17.9 Å². The number of aromatic nitrogens is 2. The second-order valence-electron chi connectivity index (χ2n) is 6.94. The topological polar surface area (TPSA) is 81.7 Å². The number of hydrogen-bond acceptors (Lipinski definition) is 6. The van der Waals surface area contributed by atoms with Gasteiger partial charge < -0.3 is 10.2 Å². The monoisotopic (exact) mass is 330 g/mol. The molecule has 128 valence electrons. The summed E-state index contributed by atoms with van der Waals surface area (Å²) in [6, 6.07) is 1.54. The lowest BCUT2D eigenvalue weighted by molar-refractivity contribution is -0.133. The van der Waals surface area contributed by atoms with E-state index in [2.05, 4.69) is 25.1 Å². The van der Waals surface area contributed by atoms with Gasteiger partial charge in [-0.2, -0.15) is 0 Å². The lowest BCUT2D eigenvalue weighted by atomic mass is 9.96. The highest BCUT2D eigenvalue weighted by molar-refractivity contribution is 6.07. The molecule has 1 atom stereocenters. The first-order valence-corrected chi connectivity index (χ1v) is 8.46. The van der Waals surface area contributed by atoms with Crippen LogP contribution in [-0.4, -0.2) is 70.1 Å². The molecule has 1 aromatic heterocycles. The Morgan fingerprint density at radius 1 is 1.17 bits per heavy atom. The Balaban J connectivity index is 1.35. The van der Waals surface area contributed by atoms with Crippen LogP contribution in [0.25, 0.3) is 0 Å². The third-order valence-electron chi connectivity index (χ3n) is 5.24. The zero-order chi connectivity index (χ0) is 16.7. The van der Waals surface area contributed by atoms with Crippen molar-refractivity contribution in [3.8, 4) is 0 Å². The maximum absolute atomic E-state index is 12.7. The van der Waals surface area contributed by atoms with Gasteiger partial charge in [0.15, 0.2) is 0 Å². The predicted octanol–water partition coefficient (Wildman–Crippen LogP) is 0.277. The number of amides is 3.